The van der Waals surface area contributed by atoms with Crippen LogP contribution >= 0.6 is 12.2 Å². The first-order valence-electron chi connectivity index (χ1n) is 10.4. The Morgan fingerprint density at radius 3 is 2.83 bits per heavy atom. The number of benzene rings is 1. The lowest BCUT2D eigenvalue weighted by Crippen LogP contribution is -2.42. The Labute approximate surface area is 179 Å². The Kier molecular flexibility index (Phi) is 11.4. The predicted octanol–water partition coefficient (Wildman–Crippen LogP) is 2.78. The van der Waals surface area contributed by atoms with Gasteiger partial charge in [-0.05, 0) is 42.4 Å². The summed E-state index contributed by atoms with van der Waals surface area (Å²) in [4.78, 5) is 2.35. The minimum atomic E-state index is 0.508. The van der Waals surface area contributed by atoms with Crippen molar-refractivity contribution in [3.05, 3.63) is 23.8 Å². The van der Waals surface area contributed by atoms with Crippen LogP contribution in [0.1, 0.15) is 38.2 Å². The Balaban J connectivity index is 1.70. The van der Waals surface area contributed by atoms with E-state index >= 15 is 0 Å². The van der Waals surface area contributed by atoms with Crippen LogP contribution in [0.3, 0.4) is 0 Å². The largest absolute Gasteiger partial charge is 0.493 e. The van der Waals surface area contributed by atoms with Crippen LogP contribution in [0.25, 0.3) is 0 Å². The summed E-state index contributed by atoms with van der Waals surface area (Å²) in [6.45, 7) is 8.17. The molecule has 1 aromatic carbocycles. The number of thiocarbonyl (C=S) groups is 1. The molecule has 1 heterocycles. The van der Waals surface area contributed by atoms with Crippen molar-refractivity contribution < 1.29 is 14.2 Å². The van der Waals surface area contributed by atoms with Gasteiger partial charge in [-0.15, -0.1) is 0 Å². The molecule has 1 saturated heterocycles. The summed E-state index contributed by atoms with van der Waals surface area (Å²) in [5.74, 6) is 1.46. The van der Waals surface area contributed by atoms with Crippen LogP contribution in [0.4, 0.5) is 0 Å². The van der Waals surface area contributed by atoms with E-state index in [0.29, 0.717) is 17.5 Å². The molecule has 2 rings (SSSR count). The fourth-order valence-corrected chi connectivity index (χ4v) is 3.11. The number of morpholine rings is 1. The molecule has 2 N–H and O–H groups in total. The van der Waals surface area contributed by atoms with E-state index < -0.39 is 0 Å². The summed E-state index contributed by atoms with van der Waals surface area (Å²) >= 11 is 5.26. The molecule has 0 unspecified atom stereocenters. The van der Waals surface area contributed by atoms with E-state index in [2.05, 4.69) is 27.7 Å². The zero-order valence-corrected chi connectivity index (χ0v) is 18.4. The zero-order valence-electron chi connectivity index (χ0n) is 17.6. The van der Waals surface area contributed by atoms with Crippen LogP contribution in [0.5, 0.6) is 11.5 Å². The van der Waals surface area contributed by atoms with E-state index in [1.54, 1.807) is 13.3 Å². The molecular weight excluding hydrogens is 388 g/mol. The number of hydrogen-bond acceptors (Lipinski definition) is 6. The molecule has 1 fully saturated rings. The van der Waals surface area contributed by atoms with Gasteiger partial charge in [-0.25, -0.2) is 0 Å². The Bertz CT molecular complexity index is 636. The summed E-state index contributed by atoms with van der Waals surface area (Å²) in [6, 6.07) is 5.77. The van der Waals surface area contributed by atoms with Crippen LogP contribution in [0.2, 0.25) is 0 Å². The lowest BCUT2D eigenvalue weighted by atomic mass is 10.2. The number of ether oxygens (including phenoxy) is 3. The summed E-state index contributed by atoms with van der Waals surface area (Å²) in [5.41, 5.74) is 3.76. The third-order valence-electron chi connectivity index (χ3n) is 4.64. The molecule has 1 aliphatic rings. The Morgan fingerprint density at radius 1 is 1.24 bits per heavy atom. The van der Waals surface area contributed by atoms with Crippen LogP contribution in [0.15, 0.2) is 23.3 Å². The molecule has 0 aliphatic carbocycles. The number of hydrazone groups is 1. The molecule has 0 spiro atoms. The van der Waals surface area contributed by atoms with Gasteiger partial charge in [-0.3, -0.25) is 10.3 Å². The van der Waals surface area contributed by atoms with Crippen LogP contribution in [-0.2, 0) is 4.74 Å². The summed E-state index contributed by atoms with van der Waals surface area (Å²) in [6.07, 6.45) is 6.42. The number of nitrogens with one attached hydrogen (secondary N) is 2. The van der Waals surface area contributed by atoms with Gasteiger partial charge in [0.15, 0.2) is 16.6 Å². The number of nitrogens with zero attached hydrogens (tertiary/aromatic N) is 2. The average Bonchev–Trinajstić information content (AvgIpc) is 2.75. The lowest BCUT2D eigenvalue weighted by Gasteiger charge is -2.26. The van der Waals surface area contributed by atoms with E-state index in [1.807, 2.05) is 18.2 Å². The molecule has 0 aromatic heterocycles. The Hall–Kier alpha value is -1.90. The number of rotatable bonds is 12. The van der Waals surface area contributed by atoms with E-state index in [9.17, 15) is 0 Å². The molecule has 1 aromatic rings. The average molecular weight is 423 g/mol. The third-order valence-corrected chi connectivity index (χ3v) is 4.88. The maximum absolute atomic E-state index is 5.84. The van der Waals surface area contributed by atoms with Gasteiger partial charge in [0, 0.05) is 26.2 Å². The summed E-state index contributed by atoms with van der Waals surface area (Å²) < 4.78 is 16.6. The third kappa shape index (κ3) is 9.43. The van der Waals surface area contributed by atoms with E-state index in [0.717, 1.165) is 57.1 Å². The van der Waals surface area contributed by atoms with Gasteiger partial charge in [0.1, 0.15) is 0 Å². The highest BCUT2D eigenvalue weighted by Gasteiger charge is 2.09. The summed E-state index contributed by atoms with van der Waals surface area (Å²) in [5, 5.41) is 7.87. The standard InChI is InChI=1S/C21H34N4O3S/c1-3-4-5-6-13-28-19-8-7-18(16-20(19)26-2)17-23-24-21(29)22-9-10-25-11-14-27-15-12-25/h7-8,16-17H,3-6,9-15H2,1-2H3,(H2,22,24,29)/b23-17+. The molecule has 1 aliphatic heterocycles. The first-order chi connectivity index (χ1) is 14.2. The van der Waals surface area contributed by atoms with Gasteiger partial charge < -0.3 is 19.5 Å². The summed E-state index contributed by atoms with van der Waals surface area (Å²) in [7, 11) is 1.64. The van der Waals surface area contributed by atoms with Crippen molar-refractivity contribution in [3.63, 3.8) is 0 Å². The van der Waals surface area contributed by atoms with Gasteiger partial charge in [0.05, 0.1) is 33.1 Å². The molecule has 0 amide bonds. The molecule has 0 radical (unpaired) electrons. The zero-order chi connectivity index (χ0) is 20.7. The minimum absolute atomic E-state index is 0.508. The SMILES string of the molecule is CCCCCCOc1ccc(/C=N/NC(=S)NCCN2CCOCC2)cc1OC. The van der Waals surface area contributed by atoms with E-state index in [1.165, 1.54) is 19.3 Å². The second-order valence-electron chi connectivity index (χ2n) is 6.90. The minimum Gasteiger partial charge on any atom is -0.493 e. The van der Waals surface area contributed by atoms with Gasteiger partial charge in [-0.2, -0.15) is 5.10 Å². The highest BCUT2D eigenvalue weighted by Crippen LogP contribution is 2.27. The van der Waals surface area contributed by atoms with E-state index in [-0.39, 0.29) is 0 Å². The maximum atomic E-state index is 5.84. The van der Waals surface area contributed by atoms with Gasteiger partial charge >= 0.3 is 0 Å². The smallest absolute Gasteiger partial charge is 0.187 e. The van der Waals surface area contributed by atoms with Crippen molar-refractivity contribution in [2.45, 2.75) is 32.6 Å². The second-order valence-corrected chi connectivity index (χ2v) is 7.31. The first kappa shape index (κ1) is 23.4. The van der Waals surface area contributed by atoms with Crippen molar-refractivity contribution >= 4 is 23.5 Å². The highest BCUT2D eigenvalue weighted by atomic mass is 32.1. The maximum Gasteiger partial charge on any atom is 0.187 e. The predicted molar refractivity (Wildman–Crippen MR) is 121 cm³/mol. The van der Waals surface area contributed by atoms with Gasteiger partial charge in [-0.1, -0.05) is 26.2 Å². The number of methoxy groups -OCH3 is 1. The van der Waals surface area contributed by atoms with Crippen LogP contribution in [-0.4, -0.2) is 69.3 Å². The molecule has 7 nitrogen and oxygen atoms in total. The van der Waals surface area contributed by atoms with Crippen molar-refractivity contribution in [2.75, 3.05) is 53.1 Å². The van der Waals surface area contributed by atoms with Crippen molar-refractivity contribution in [1.29, 1.82) is 0 Å². The molecule has 162 valence electrons. The van der Waals surface area contributed by atoms with Crippen molar-refractivity contribution in [2.24, 2.45) is 5.10 Å². The Morgan fingerprint density at radius 2 is 2.07 bits per heavy atom. The highest BCUT2D eigenvalue weighted by molar-refractivity contribution is 7.80. The second kappa shape index (κ2) is 14.1. The lowest BCUT2D eigenvalue weighted by molar-refractivity contribution is 0.0389. The monoisotopic (exact) mass is 422 g/mol. The van der Waals surface area contributed by atoms with Crippen LogP contribution in [0, 0.1) is 0 Å². The fraction of sp³-hybridized carbons (Fsp3) is 0.619. The molecule has 0 bridgehead atoms. The van der Waals surface area contributed by atoms with E-state index in [4.69, 9.17) is 26.4 Å². The molecule has 29 heavy (non-hydrogen) atoms. The number of unbranched alkanes of at least 4 members (excludes halogenated alkanes) is 3. The quantitative estimate of drug-likeness (QED) is 0.232. The molecular formula is C21H34N4O3S. The van der Waals surface area contributed by atoms with Gasteiger partial charge in [0.2, 0.25) is 0 Å². The molecule has 0 atom stereocenters. The normalized spacial score (nSPS) is 14.7. The van der Waals surface area contributed by atoms with Crippen molar-refractivity contribution in [3.8, 4) is 11.5 Å². The van der Waals surface area contributed by atoms with Crippen molar-refractivity contribution in [1.82, 2.24) is 15.6 Å². The fourth-order valence-electron chi connectivity index (χ4n) is 2.95. The first-order valence-corrected chi connectivity index (χ1v) is 10.8. The topological polar surface area (TPSA) is 67.4 Å². The van der Waals surface area contributed by atoms with Gasteiger partial charge in [0.25, 0.3) is 0 Å². The molecule has 8 heteroatoms. The molecule has 0 saturated carbocycles. The van der Waals surface area contributed by atoms with Crippen LogP contribution < -0.4 is 20.2 Å². The number of hydrogen-bond donors (Lipinski definition) is 2.